The predicted octanol–water partition coefficient (Wildman–Crippen LogP) is 3.78. The highest BCUT2D eigenvalue weighted by atomic mass is 14.0. The lowest BCUT2D eigenvalue weighted by molar-refractivity contribution is 0.604. The molecule has 0 atom stereocenters. The number of allylic oxidation sites excluding steroid dienone is 2. The van der Waals surface area contributed by atoms with Crippen molar-refractivity contribution in [2.45, 2.75) is 46.5 Å². The van der Waals surface area contributed by atoms with Gasteiger partial charge in [-0.05, 0) is 25.2 Å². The summed E-state index contributed by atoms with van der Waals surface area (Å²) in [6.07, 6.45) is 9.78. The van der Waals surface area contributed by atoms with Gasteiger partial charge in [0.05, 0.1) is 0 Å². The molecular formula is C10H20. The average molecular weight is 140 g/mol. The second-order valence-corrected chi connectivity index (χ2v) is 2.79. The minimum atomic E-state index is 0.826. The average Bonchev–Trinajstić information content (AvgIpc) is 1.99. The van der Waals surface area contributed by atoms with Crippen LogP contribution < -0.4 is 0 Å². The quantitative estimate of drug-likeness (QED) is 0.510. The Balaban J connectivity index is 3.40. The van der Waals surface area contributed by atoms with Crippen molar-refractivity contribution in [1.82, 2.24) is 0 Å². The summed E-state index contributed by atoms with van der Waals surface area (Å²) in [5, 5.41) is 0. The lowest BCUT2D eigenvalue weighted by Gasteiger charge is -2.03. The Labute approximate surface area is 65.3 Å². The topological polar surface area (TPSA) is 0 Å². The molecule has 0 aliphatic heterocycles. The van der Waals surface area contributed by atoms with E-state index in [9.17, 15) is 0 Å². The van der Waals surface area contributed by atoms with Gasteiger partial charge in [0.2, 0.25) is 0 Å². The molecule has 0 saturated carbocycles. The zero-order valence-electron chi connectivity index (χ0n) is 7.56. The van der Waals surface area contributed by atoms with Crippen molar-refractivity contribution in [3.8, 4) is 0 Å². The molecule has 0 heterocycles. The summed E-state index contributed by atoms with van der Waals surface area (Å²) >= 11 is 0. The molecule has 0 fully saturated rings. The molecule has 0 heteroatoms. The molecule has 0 spiro atoms. The van der Waals surface area contributed by atoms with E-state index in [0.717, 1.165) is 5.92 Å². The molecule has 0 aromatic heterocycles. The summed E-state index contributed by atoms with van der Waals surface area (Å²) in [7, 11) is 0. The van der Waals surface area contributed by atoms with Crippen LogP contribution in [-0.4, -0.2) is 0 Å². The van der Waals surface area contributed by atoms with Crippen LogP contribution >= 0.6 is 0 Å². The van der Waals surface area contributed by atoms with Crippen LogP contribution in [0, 0.1) is 5.92 Å². The maximum absolute atomic E-state index is 2.36. The Morgan fingerprint density at radius 1 is 1.10 bits per heavy atom. The highest BCUT2D eigenvalue weighted by Gasteiger charge is 1.94. The van der Waals surface area contributed by atoms with Crippen LogP contribution in [0.1, 0.15) is 46.5 Å². The first kappa shape index (κ1) is 9.74. The molecular weight excluding hydrogens is 120 g/mol. The third kappa shape index (κ3) is 4.60. The van der Waals surface area contributed by atoms with Gasteiger partial charge in [0.15, 0.2) is 0 Å². The summed E-state index contributed by atoms with van der Waals surface area (Å²) in [5.74, 6) is 0.826. The summed E-state index contributed by atoms with van der Waals surface area (Å²) in [5.41, 5.74) is 0. The van der Waals surface area contributed by atoms with Gasteiger partial charge in [0.1, 0.15) is 0 Å². The Morgan fingerprint density at radius 2 is 1.70 bits per heavy atom. The van der Waals surface area contributed by atoms with Crippen molar-refractivity contribution in [3.63, 3.8) is 0 Å². The largest absolute Gasteiger partial charge is 0.0883 e. The molecule has 0 amide bonds. The van der Waals surface area contributed by atoms with Crippen LogP contribution in [0.5, 0.6) is 0 Å². The standard InChI is InChI=1S/C10H20/c1-4-7-8-9-10(5-2)6-3/h8-10H,4-7H2,1-3H3/b9-8+. The lowest BCUT2D eigenvalue weighted by atomic mass is 10.0. The summed E-state index contributed by atoms with van der Waals surface area (Å²) in [4.78, 5) is 0. The summed E-state index contributed by atoms with van der Waals surface area (Å²) < 4.78 is 0. The Bertz CT molecular complexity index is 78.0. The van der Waals surface area contributed by atoms with Crippen molar-refractivity contribution in [3.05, 3.63) is 12.2 Å². The van der Waals surface area contributed by atoms with E-state index < -0.39 is 0 Å². The van der Waals surface area contributed by atoms with E-state index in [1.807, 2.05) is 0 Å². The molecule has 0 bridgehead atoms. The van der Waals surface area contributed by atoms with Gasteiger partial charge in [-0.3, -0.25) is 0 Å². The first-order valence-electron chi connectivity index (χ1n) is 4.51. The molecule has 10 heavy (non-hydrogen) atoms. The molecule has 0 N–H and O–H groups in total. The molecule has 0 radical (unpaired) electrons. The van der Waals surface area contributed by atoms with Crippen LogP contribution in [0.2, 0.25) is 0 Å². The molecule has 0 saturated heterocycles. The van der Waals surface area contributed by atoms with Gasteiger partial charge in [-0.25, -0.2) is 0 Å². The first-order chi connectivity index (χ1) is 4.85. The van der Waals surface area contributed by atoms with E-state index in [1.54, 1.807) is 0 Å². The van der Waals surface area contributed by atoms with Gasteiger partial charge in [0.25, 0.3) is 0 Å². The molecule has 0 rings (SSSR count). The van der Waals surface area contributed by atoms with Crippen LogP contribution in [-0.2, 0) is 0 Å². The molecule has 0 aromatic carbocycles. The molecule has 60 valence electrons. The molecule has 0 aliphatic carbocycles. The number of rotatable bonds is 5. The van der Waals surface area contributed by atoms with Crippen molar-refractivity contribution < 1.29 is 0 Å². The highest BCUT2D eigenvalue weighted by molar-refractivity contribution is 4.86. The van der Waals surface area contributed by atoms with Gasteiger partial charge < -0.3 is 0 Å². The second-order valence-electron chi connectivity index (χ2n) is 2.79. The van der Waals surface area contributed by atoms with E-state index in [-0.39, 0.29) is 0 Å². The van der Waals surface area contributed by atoms with Gasteiger partial charge >= 0.3 is 0 Å². The van der Waals surface area contributed by atoms with Gasteiger partial charge in [-0.1, -0.05) is 39.3 Å². The Kier molecular flexibility index (Phi) is 6.68. The van der Waals surface area contributed by atoms with Gasteiger partial charge in [-0.2, -0.15) is 0 Å². The van der Waals surface area contributed by atoms with E-state index >= 15 is 0 Å². The summed E-state index contributed by atoms with van der Waals surface area (Å²) in [6, 6.07) is 0. The lowest BCUT2D eigenvalue weighted by Crippen LogP contribution is -1.89. The van der Waals surface area contributed by atoms with Crippen molar-refractivity contribution in [2.75, 3.05) is 0 Å². The fraction of sp³-hybridized carbons (Fsp3) is 0.800. The van der Waals surface area contributed by atoms with Crippen molar-refractivity contribution in [2.24, 2.45) is 5.92 Å². The van der Waals surface area contributed by atoms with E-state index in [1.165, 1.54) is 25.7 Å². The van der Waals surface area contributed by atoms with E-state index in [0.29, 0.717) is 0 Å². The maximum Gasteiger partial charge on any atom is -0.0239 e. The second kappa shape index (κ2) is 6.85. The monoisotopic (exact) mass is 140 g/mol. The number of hydrogen-bond donors (Lipinski definition) is 0. The van der Waals surface area contributed by atoms with Crippen molar-refractivity contribution >= 4 is 0 Å². The molecule has 0 aromatic rings. The highest BCUT2D eigenvalue weighted by Crippen LogP contribution is 2.09. The van der Waals surface area contributed by atoms with Gasteiger partial charge in [-0.15, -0.1) is 0 Å². The zero-order valence-corrected chi connectivity index (χ0v) is 7.56. The van der Waals surface area contributed by atoms with Gasteiger partial charge in [0, 0.05) is 0 Å². The first-order valence-corrected chi connectivity index (χ1v) is 4.51. The maximum atomic E-state index is 2.36. The Hall–Kier alpha value is -0.260. The molecule has 0 unspecified atom stereocenters. The number of unbranched alkanes of at least 4 members (excludes halogenated alkanes) is 1. The Morgan fingerprint density at radius 3 is 2.10 bits per heavy atom. The van der Waals surface area contributed by atoms with Crippen LogP contribution in [0.15, 0.2) is 12.2 Å². The third-order valence-corrected chi connectivity index (χ3v) is 1.91. The fourth-order valence-electron chi connectivity index (χ4n) is 1.02. The van der Waals surface area contributed by atoms with E-state index in [4.69, 9.17) is 0 Å². The third-order valence-electron chi connectivity index (χ3n) is 1.91. The van der Waals surface area contributed by atoms with E-state index in [2.05, 4.69) is 32.9 Å². The van der Waals surface area contributed by atoms with Crippen LogP contribution in [0.25, 0.3) is 0 Å². The van der Waals surface area contributed by atoms with Crippen LogP contribution in [0.4, 0.5) is 0 Å². The zero-order chi connectivity index (χ0) is 7.82. The van der Waals surface area contributed by atoms with Crippen LogP contribution in [0.3, 0.4) is 0 Å². The summed E-state index contributed by atoms with van der Waals surface area (Å²) in [6.45, 7) is 6.73. The normalized spacial score (nSPS) is 11.6. The smallest absolute Gasteiger partial charge is 0.0239 e. The molecule has 0 nitrogen and oxygen atoms in total. The predicted molar refractivity (Wildman–Crippen MR) is 48.1 cm³/mol. The fourth-order valence-corrected chi connectivity index (χ4v) is 1.02. The minimum absolute atomic E-state index is 0.826. The number of hydrogen-bond acceptors (Lipinski definition) is 0. The van der Waals surface area contributed by atoms with Crippen molar-refractivity contribution in [1.29, 1.82) is 0 Å². The SMILES string of the molecule is CCC/C=C/C(CC)CC. The minimum Gasteiger partial charge on any atom is -0.0883 e. The molecule has 0 aliphatic rings.